The van der Waals surface area contributed by atoms with Gasteiger partial charge in [-0.05, 0) is 5.92 Å². The summed E-state index contributed by atoms with van der Waals surface area (Å²) in [5, 5.41) is 7.21. The number of allylic oxidation sites excluding steroid dienone is 5. The number of hydrogen-bond donors (Lipinski definition) is 2. The van der Waals surface area contributed by atoms with Gasteiger partial charge in [0.1, 0.15) is 0 Å². The molecular weight excluding hydrogens is 172 g/mol. The molecule has 0 aliphatic heterocycles. The summed E-state index contributed by atoms with van der Waals surface area (Å²) in [6.07, 6.45) is 9.34. The van der Waals surface area contributed by atoms with Crippen LogP contribution in [-0.4, -0.2) is 6.21 Å². The Morgan fingerprint density at radius 1 is 1.50 bits per heavy atom. The molecule has 0 spiro atoms. The minimum atomic E-state index is -0.00859. The molecule has 0 saturated carbocycles. The van der Waals surface area contributed by atoms with Gasteiger partial charge in [-0.3, -0.25) is 0 Å². The maximum atomic E-state index is 7.21. The Hall–Kier alpha value is -1.31. The van der Waals surface area contributed by atoms with E-state index in [0.717, 1.165) is 5.57 Å². The fraction of sp³-hybridized carbons (Fsp3) is 0.417. The maximum Gasteiger partial charge on any atom is 0.0371 e. The Labute approximate surface area is 85.7 Å². The van der Waals surface area contributed by atoms with Crippen molar-refractivity contribution >= 4 is 6.21 Å². The Bertz CT molecular complexity index is 321. The fourth-order valence-corrected chi connectivity index (χ4v) is 1.41. The van der Waals surface area contributed by atoms with Crippen LogP contribution in [0, 0.1) is 16.7 Å². The summed E-state index contributed by atoms with van der Waals surface area (Å²) in [6.45, 7) is 6.49. The maximum absolute atomic E-state index is 7.21. The highest BCUT2D eigenvalue weighted by molar-refractivity contribution is 5.82. The van der Waals surface area contributed by atoms with Crippen LogP contribution in [0.5, 0.6) is 0 Å². The zero-order valence-electron chi connectivity index (χ0n) is 9.04. The van der Waals surface area contributed by atoms with Crippen LogP contribution in [0.3, 0.4) is 0 Å². The molecule has 0 radical (unpaired) electrons. The molecular formula is C12H18N2. The Morgan fingerprint density at radius 3 is 2.64 bits per heavy atom. The van der Waals surface area contributed by atoms with E-state index in [0.29, 0.717) is 11.6 Å². The van der Waals surface area contributed by atoms with E-state index in [-0.39, 0.29) is 5.41 Å². The molecule has 0 heterocycles. The first kappa shape index (κ1) is 10.8. The topological polar surface area (TPSA) is 49.9 Å². The van der Waals surface area contributed by atoms with Crippen LogP contribution >= 0.6 is 0 Å². The lowest BCUT2D eigenvalue weighted by Gasteiger charge is -2.26. The second-order valence-corrected chi connectivity index (χ2v) is 4.25. The molecule has 76 valence electrons. The van der Waals surface area contributed by atoms with Gasteiger partial charge in [0.05, 0.1) is 0 Å². The van der Waals surface area contributed by atoms with E-state index in [1.165, 1.54) is 6.21 Å². The zero-order valence-corrected chi connectivity index (χ0v) is 9.04. The van der Waals surface area contributed by atoms with Gasteiger partial charge >= 0.3 is 0 Å². The van der Waals surface area contributed by atoms with Crippen molar-refractivity contribution < 1.29 is 0 Å². The number of nitrogens with two attached hydrogens (primary N) is 1. The SMILES string of the molecule is CC(C)C1(C)C=CC=C(C=N)C(N)=C1. The van der Waals surface area contributed by atoms with Crippen LogP contribution < -0.4 is 5.73 Å². The Morgan fingerprint density at radius 2 is 2.14 bits per heavy atom. The van der Waals surface area contributed by atoms with Crippen molar-refractivity contribution in [3.8, 4) is 0 Å². The first-order valence-electron chi connectivity index (χ1n) is 4.88. The average molecular weight is 190 g/mol. The molecule has 2 nitrogen and oxygen atoms in total. The third kappa shape index (κ3) is 1.95. The summed E-state index contributed by atoms with van der Waals surface area (Å²) < 4.78 is 0. The van der Waals surface area contributed by atoms with Crippen molar-refractivity contribution in [2.45, 2.75) is 20.8 Å². The van der Waals surface area contributed by atoms with Gasteiger partial charge in [-0.2, -0.15) is 0 Å². The van der Waals surface area contributed by atoms with Crippen molar-refractivity contribution in [1.82, 2.24) is 0 Å². The van der Waals surface area contributed by atoms with Crippen molar-refractivity contribution in [2.75, 3.05) is 0 Å². The molecule has 0 fully saturated rings. The van der Waals surface area contributed by atoms with Gasteiger partial charge in [0.25, 0.3) is 0 Å². The molecule has 0 saturated heterocycles. The van der Waals surface area contributed by atoms with Gasteiger partial charge < -0.3 is 11.1 Å². The minimum absolute atomic E-state index is 0.00859. The van der Waals surface area contributed by atoms with Crippen LogP contribution in [0.4, 0.5) is 0 Å². The van der Waals surface area contributed by atoms with Crippen LogP contribution in [0.15, 0.2) is 35.6 Å². The molecule has 0 aromatic heterocycles. The monoisotopic (exact) mass is 190 g/mol. The van der Waals surface area contributed by atoms with Crippen LogP contribution in [0.1, 0.15) is 20.8 Å². The van der Waals surface area contributed by atoms with Gasteiger partial charge in [-0.15, -0.1) is 0 Å². The molecule has 0 aromatic carbocycles. The van der Waals surface area contributed by atoms with Crippen LogP contribution in [0.25, 0.3) is 0 Å². The molecule has 1 aliphatic carbocycles. The van der Waals surface area contributed by atoms with E-state index in [2.05, 4.69) is 26.8 Å². The first-order valence-corrected chi connectivity index (χ1v) is 4.88. The second kappa shape index (κ2) is 3.82. The summed E-state index contributed by atoms with van der Waals surface area (Å²) in [5.41, 5.74) is 7.37. The van der Waals surface area contributed by atoms with Crippen molar-refractivity contribution in [1.29, 1.82) is 5.41 Å². The van der Waals surface area contributed by atoms with E-state index in [9.17, 15) is 0 Å². The summed E-state index contributed by atoms with van der Waals surface area (Å²) in [4.78, 5) is 0. The predicted molar refractivity (Wildman–Crippen MR) is 61.2 cm³/mol. The normalized spacial score (nSPS) is 26.9. The smallest absolute Gasteiger partial charge is 0.0371 e. The summed E-state index contributed by atoms with van der Waals surface area (Å²) in [6, 6.07) is 0. The van der Waals surface area contributed by atoms with E-state index in [4.69, 9.17) is 11.1 Å². The lowest BCUT2D eigenvalue weighted by atomic mass is 9.78. The average Bonchev–Trinajstić information content (AvgIpc) is 2.25. The third-order valence-corrected chi connectivity index (χ3v) is 2.93. The van der Waals surface area contributed by atoms with Gasteiger partial charge in [0.15, 0.2) is 0 Å². The summed E-state index contributed by atoms with van der Waals surface area (Å²) >= 11 is 0. The number of rotatable bonds is 2. The fourth-order valence-electron chi connectivity index (χ4n) is 1.41. The van der Waals surface area contributed by atoms with Crippen LogP contribution in [-0.2, 0) is 0 Å². The van der Waals surface area contributed by atoms with Gasteiger partial charge in [-0.1, -0.05) is 45.1 Å². The largest absolute Gasteiger partial charge is 0.398 e. The van der Waals surface area contributed by atoms with Crippen molar-refractivity contribution in [3.05, 3.63) is 35.6 Å². The molecule has 0 bridgehead atoms. The summed E-state index contributed by atoms with van der Waals surface area (Å²) in [7, 11) is 0. The Balaban J connectivity index is 3.12. The molecule has 1 rings (SSSR count). The van der Waals surface area contributed by atoms with Crippen molar-refractivity contribution in [3.63, 3.8) is 0 Å². The molecule has 1 aliphatic rings. The highest BCUT2D eigenvalue weighted by Gasteiger charge is 2.24. The molecule has 0 amide bonds. The molecule has 1 unspecified atom stereocenters. The molecule has 14 heavy (non-hydrogen) atoms. The molecule has 2 heteroatoms. The second-order valence-electron chi connectivity index (χ2n) is 4.25. The highest BCUT2D eigenvalue weighted by atomic mass is 14.6. The van der Waals surface area contributed by atoms with Gasteiger partial charge in [0, 0.05) is 22.9 Å². The Kier molecular flexibility index (Phi) is 2.94. The molecule has 3 N–H and O–H groups in total. The van der Waals surface area contributed by atoms with Gasteiger partial charge in [-0.25, -0.2) is 0 Å². The standard InChI is InChI=1S/C12H18N2/c1-9(2)12(3)6-4-5-10(8-13)11(14)7-12/h4-9,13H,14H2,1-3H3. The zero-order chi connectivity index (χ0) is 10.8. The first-order chi connectivity index (χ1) is 6.49. The molecule has 0 aromatic rings. The van der Waals surface area contributed by atoms with E-state index >= 15 is 0 Å². The predicted octanol–water partition coefficient (Wildman–Crippen LogP) is 2.64. The summed E-state index contributed by atoms with van der Waals surface area (Å²) in [5.74, 6) is 0.496. The number of hydrogen-bond acceptors (Lipinski definition) is 2. The van der Waals surface area contributed by atoms with E-state index < -0.39 is 0 Å². The minimum Gasteiger partial charge on any atom is -0.398 e. The van der Waals surface area contributed by atoms with E-state index in [1.807, 2.05) is 18.2 Å². The molecule has 1 atom stereocenters. The van der Waals surface area contributed by atoms with Gasteiger partial charge in [0.2, 0.25) is 0 Å². The van der Waals surface area contributed by atoms with E-state index in [1.54, 1.807) is 0 Å². The quantitative estimate of drug-likeness (QED) is 0.646. The number of nitrogens with one attached hydrogen (secondary N) is 1. The third-order valence-electron chi connectivity index (χ3n) is 2.93. The highest BCUT2D eigenvalue weighted by Crippen LogP contribution is 2.33. The van der Waals surface area contributed by atoms with Crippen LogP contribution in [0.2, 0.25) is 0 Å². The van der Waals surface area contributed by atoms with Crippen molar-refractivity contribution in [2.24, 2.45) is 17.1 Å². The lowest BCUT2D eigenvalue weighted by Crippen LogP contribution is -2.19. The lowest BCUT2D eigenvalue weighted by molar-refractivity contribution is 0.382.